The Hall–Kier alpha value is -1.02. The molecule has 0 aliphatic heterocycles. The number of phenols is 1. The third-order valence-electron chi connectivity index (χ3n) is 3.30. The van der Waals surface area contributed by atoms with Gasteiger partial charge in [-0.15, -0.1) is 0 Å². The van der Waals surface area contributed by atoms with E-state index in [-0.39, 0.29) is 16.9 Å². The second-order valence-electron chi connectivity index (χ2n) is 7.25. The maximum Gasteiger partial charge on any atom is 0.124 e. The van der Waals surface area contributed by atoms with Gasteiger partial charge in [-0.05, 0) is 28.9 Å². The number of nitrogens with two attached hydrogens (primary N) is 1. The smallest absolute Gasteiger partial charge is 0.124 e. The molecular formula is C16H27NO. The second-order valence-corrected chi connectivity index (χ2v) is 7.25. The zero-order valence-electron chi connectivity index (χ0n) is 12.8. The van der Waals surface area contributed by atoms with Crippen LogP contribution in [0.1, 0.15) is 71.2 Å². The monoisotopic (exact) mass is 249 g/mol. The topological polar surface area (TPSA) is 46.2 Å². The molecule has 0 aromatic heterocycles. The SMILES string of the molecule is C[C@@H](N)c1cc(C(C)(C)C)cc(C(C)(C)C)c1O. The lowest BCUT2D eigenvalue weighted by Crippen LogP contribution is -2.19. The van der Waals surface area contributed by atoms with Crippen molar-refractivity contribution in [3.63, 3.8) is 0 Å². The summed E-state index contributed by atoms with van der Waals surface area (Å²) in [6.07, 6.45) is 0. The first-order valence-electron chi connectivity index (χ1n) is 6.58. The zero-order chi connectivity index (χ0) is 14.3. The van der Waals surface area contributed by atoms with Crippen molar-refractivity contribution in [1.29, 1.82) is 0 Å². The van der Waals surface area contributed by atoms with Gasteiger partial charge in [0.25, 0.3) is 0 Å². The van der Waals surface area contributed by atoms with E-state index in [2.05, 4.69) is 47.6 Å². The first-order chi connectivity index (χ1) is 7.94. The van der Waals surface area contributed by atoms with Crippen molar-refractivity contribution in [2.24, 2.45) is 5.73 Å². The van der Waals surface area contributed by atoms with Gasteiger partial charge in [-0.25, -0.2) is 0 Å². The number of benzene rings is 1. The maximum atomic E-state index is 10.4. The number of rotatable bonds is 1. The standard InChI is InChI=1S/C16H27NO/c1-10(17)12-8-11(15(2,3)4)9-13(14(12)18)16(5,6)7/h8-10,18H,17H2,1-7H3/t10-/m1/s1. The fourth-order valence-electron chi connectivity index (χ4n) is 2.01. The summed E-state index contributed by atoms with van der Waals surface area (Å²) < 4.78 is 0. The Morgan fingerprint density at radius 2 is 1.50 bits per heavy atom. The van der Waals surface area contributed by atoms with Crippen LogP contribution in [-0.2, 0) is 10.8 Å². The Kier molecular flexibility index (Phi) is 3.83. The summed E-state index contributed by atoms with van der Waals surface area (Å²) in [5.74, 6) is 0.352. The Balaban J connectivity index is 3.58. The number of hydrogen-bond acceptors (Lipinski definition) is 2. The molecule has 0 aliphatic carbocycles. The van der Waals surface area contributed by atoms with Gasteiger partial charge < -0.3 is 10.8 Å². The summed E-state index contributed by atoms with van der Waals surface area (Å²) >= 11 is 0. The van der Waals surface area contributed by atoms with Gasteiger partial charge in [-0.2, -0.15) is 0 Å². The normalized spacial score (nSPS) is 14.7. The molecule has 0 fully saturated rings. The van der Waals surface area contributed by atoms with Gasteiger partial charge in [0.05, 0.1) is 0 Å². The van der Waals surface area contributed by atoms with Crippen LogP contribution in [0.15, 0.2) is 12.1 Å². The average Bonchev–Trinajstić information content (AvgIpc) is 2.13. The van der Waals surface area contributed by atoms with Gasteiger partial charge in [-0.3, -0.25) is 0 Å². The number of hydrogen-bond donors (Lipinski definition) is 2. The summed E-state index contributed by atoms with van der Waals surface area (Å²) in [6.45, 7) is 14.8. The summed E-state index contributed by atoms with van der Waals surface area (Å²) in [5, 5.41) is 10.4. The molecule has 0 spiro atoms. The molecule has 1 aromatic rings. The molecule has 0 saturated heterocycles. The fourth-order valence-corrected chi connectivity index (χ4v) is 2.01. The summed E-state index contributed by atoms with van der Waals surface area (Å²) in [6, 6.07) is 3.99. The lowest BCUT2D eigenvalue weighted by atomic mass is 9.78. The van der Waals surface area contributed by atoms with Crippen LogP contribution < -0.4 is 5.73 Å². The quantitative estimate of drug-likeness (QED) is 0.790. The summed E-state index contributed by atoms with van der Waals surface area (Å²) in [4.78, 5) is 0. The molecule has 0 saturated carbocycles. The molecule has 3 N–H and O–H groups in total. The van der Waals surface area contributed by atoms with E-state index in [9.17, 15) is 5.11 Å². The first kappa shape index (κ1) is 15.0. The highest BCUT2D eigenvalue weighted by Crippen LogP contribution is 2.39. The summed E-state index contributed by atoms with van der Waals surface area (Å²) in [7, 11) is 0. The van der Waals surface area contributed by atoms with Crippen LogP contribution in [0.5, 0.6) is 5.75 Å². The molecule has 1 rings (SSSR count). The van der Waals surface area contributed by atoms with E-state index in [0.717, 1.165) is 11.1 Å². The molecule has 0 bridgehead atoms. The minimum absolute atomic E-state index is 0.0529. The largest absolute Gasteiger partial charge is 0.507 e. The highest BCUT2D eigenvalue weighted by Gasteiger charge is 2.25. The first-order valence-corrected chi connectivity index (χ1v) is 6.58. The Morgan fingerprint density at radius 1 is 1.00 bits per heavy atom. The Labute approximate surface area is 111 Å². The van der Waals surface area contributed by atoms with Gasteiger partial charge in [0, 0.05) is 11.6 Å². The predicted molar refractivity (Wildman–Crippen MR) is 78.1 cm³/mol. The van der Waals surface area contributed by atoms with Crippen LogP contribution in [0.3, 0.4) is 0 Å². The van der Waals surface area contributed by atoms with Crippen molar-refractivity contribution >= 4 is 0 Å². The number of phenolic OH excluding ortho intramolecular Hbond substituents is 1. The van der Waals surface area contributed by atoms with Crippen LogP contribution >= 0.6 is 0 Å². The summed E-state index contributed by atoms with van der Waals surface area (Å²) in [5.41, 5.74) is 8.98. The maximum absolute atomic E-state index is 10.4. The molecule has 18 heavy (non-hydrogen) atoms. The molecule has 1 atom stereocenters. The van der Waals surface area contributed by atoms with Crippen molar-refractivity contribution < 1.29 is 5.11 Å². The third kappa shape index (κ3) is 3.05. The van der Waals surface area contributed by atoms with E-state index in [0.29, 0.717) is 5.75 Å². The highest BCUT2D eigenvalue weighted by molar-refractivity contribution is 5.49. The molecule has 0 aliphatic rings. The minimum Gasteiger partial charge on any atom is -0.507 e. The van der Waals surface area contributed by atoms with Gasteiger partial charge >= 0.3 is 0 Å². The molecule has 0 radical (unpaired) electrons. The van der Waals surface area contributed by atoms with E-state index in [1.165, 1.54) is 5.56 Å². The molecule has 102 valence electrons. The lowest BCUT2D eigenvalue weighted by Gasteiger charge is -2.28. The van der Waals surface area contributed by atoms with Crippen LogP contribution in [0.2, 0.25) is 0 Å². The zero-order valence-corrected chi connectivity index (χ0v) is 12.8. The van der Waals surface area contributed by atoms with Crippen LogP contribution in [0.4, 0.5) is 0 Å². The minimum atomic E-state index is -0.159. The predicted octanol–water partition coefficient (Wildman–Crippen LogP) is 4.01. The van der Waals surface area contributed by atoms with E-state index < -0.39 is 0 Å². The molecular weight excluding hydrogens is 222 g/mol. The highest BCUT2D eigenvalue weighted by atomic mass is 16.3. The van der Waals surface area contributed by atoms with Crippen molar-refractivity contribution in [3.05, 3.63) is 28.8 Å². The van der Waals surface area contributed by atoms with Crippen molar-refractivity contribution in [2.75, 3.05) is 0 Å². The van der Waals surface area contributed by atoms with Gasteiger partial charge in [0.1, 0.15) is 5.75 Å². The van der Waals surface area contributed by atoms with E-state index in [1.807, 2.05) is 13.0 Å². The molecule has 1 aromatic carbocycles. The van der Waals surface area contributed by atoms with Crippen molar-refractivity contribution in [3.8, 4) is 5.75 Å². The fraction of sp³-hybridized carbons (Fsp3) is 0.625. The van der Waals surface area contributed by atoms with E-state index in [4.69, 9.17) is 5.73 Å². The number of aromatic hydroxyl groups is 1. The third-order valence-corrected chi connectivity index (χ3v) is 3.30. The van der Waals surface area contributed by atoms with E-state index >= 15 is 0 Å². The van der Waals surface area contributed by atoms with Gasteiger partial charge in [-0.1, -0.05) is 53.7 Å². The Morgan fingerprint density at radius 3 is 1.83 bits per heavy atom. The molecule has 0 amide bonds. The Bertz CT molecular complexity index is 434. The van der Waals surface area contributed by atoms with Gasteiger partial charge in [0.15, 0.2) is 0 Å². The molecule has 0 heterocycles. The van der Waals surface area contributed by atoms with Gasteiger partial charge in [0.2, 0.25) is 0 Å². The lowest BCUT2D eigenvalue weighted by molar-refractivity contribution is 0.434. The average molecular weight is 249 g/mol. The second kappa shape index (κ2) is 4.58. The molecule has 2 nitrogen and oxygen atoms in total. The van der Waals surface area contributed by atoms with Crippen LogP contribution in [-0.4, -0.2) is 5.11 Å². The molecule has 0 unspecified atom stereocenters. The van der Waals surface area contributed by atoms with E-state index in [1.54, 1.807) is 0 Å². The van der Waals surface area contributed by atoms with Crippen LogP contribution in [0, 0.1) is 0 Å². The van der Waals surface area contributed by atoms with Crippen molar-refractivity contribution in [1.82, 2.24) is 0 Å². The van der Waals surface area contributed by atoms with Crippen LogP contribution in [0.25, 0.3) is 0 Å². The molecule has 2 heteroatoms. The van der Waals surface area contributed by atoms with Crippen molar-refractivity contribution in [2.45, 2.75) is 65.3 Å².